The molecule has 0 fully saturated rings. The summed E-state index contributed by atoms with van der Waals surface area (Å²) < 4.78 is 5.27. The third kappa shape index (κ3) is 7.11. The molecule has 0 bridgehead atoms. The Labute approximate surface area is 188 Å². The van der Waals surface area contributed by atoms with Gasteiger partial charge in [-0.1, -0.05) is 51.4 Å². The highest BCUT2D eigenvalue weighted by atomic mass is 35.5. The number of ether oxygens (including phenoxy) is 1. The van der Waals surface area contributed by atoms with E-state index in [0.29, 0.717) is 34.0 Å². The molecule has 7 heteroatoms. The van der Waals surface area contributed by atoms with Gasteiger partial charge in [0.25, 0.3) is 5.91 Å². The van der Waals surface area contributed by atoms with Crippen molar-refractivity contribution in [3.8, 4) is 11.1 Å². The fourth-order valence-corrected chi connectivity index (χ4v) is 4.58. The number of quaternary nitrogens is 1. The molecule has 0 unspecified atom stereocenters. The predicted molar refractivity (Wildman–Crippen MR) is 125 cm³/mol. The smallest absolute Gasteiger partial charge is 0.341 e. The third-order valence-electron chi connectivity index (χ3n) is 4.48. The molecule has 5 nitrogen and oxygen atoms in total. The molecule has 0 aliphatic heterocycles. The lowest BCUT2D eigenvalue weighted by Crippen LogP contribution is -3.14. The van der Waals surface area contributed by atoms with E-state index in [1.54, 1.807) is 19.1 Å². The zero-order valence-electron chi connectivity index (χ0n) is 18.4. The molecule has 0 aliphatic carbocycles. The van der Waals surface area contributed by atoms with Crippen LogP contribution >= 0.6 is 22.9 Å². The van der Waals surface area contributed by atoms with Crippen LogP contribution in [0, 0.1) is 11.8 Å². The van der Waals surface area contributed by atoms with E-state index in [2.05, 4.69) is 33.0 Å². The summed E-state index contributed by atoms with van der Waals surface area (Å²) >= 11 is 7.33. The number of carbonyl (C=O) groups excluding carboxylic acids is 2. The summed E-state index contributed by atoms with van der Waals surface area (Å²) in [7, 11) is 0. The van der Waals surface area contributed by atoms with Crippen molar-refractivity contribution in [2.75, 3.05) is 31.6 Å². The van der Waals surface area contributed by atoms with Crippen molar-refractivity contribution in [1.29, 1.82) is 0 Å². The Balaban J connectivity index is 2.26. The number of rotatable bonds is 10. The van der Waals surface area contributed by atoms with E-state index >= 15 is 0 Å². The van der Waals surface area contributed by atoms with Gasteiger partial charge in [0, 0.05) is 27.8 Å². The second-order valence-corrected chi connectivity index (χ2v) is 9.57. The van der Waals surface area contributed by atoms with Crippen LogP contribution in [0.4, 0.5) is 5.00 Å². The van der Waals surface area contributed by atoms with Crippen LogP contribution in [-0.2, 0) is 9.53 Å². The van der Waals surface area contributed by atoms with E-state index in [9.17, 15) is 9.59 Å². The minimum atomic E-state index is -0.437. The molecule has 0 saturated heterocycles. The van der Waals surface area contributed by atoms with Gasteiger partial charge in [0.1, 0.15) is 10.6 Å². The molecule has 164 valence electrons. The summed E-state index contributed by atoms with van der Waals surface area (Å²) in [6.45, 7) is 12.9. The first-order chi connectivity index (χ1) is 14.2. The highest BCUT2D eigenvalue weighted by Crippen LogP contribution is 2.36. The van der Waals surface area contributed by atoms with Crippen LogP contribution in [-0.4, -0.2) is 38.1 Å². The van der Waals surface area contributed by atoms with Gasteiger partial charge in [0.2, 0.25) is 0 Å². The maximum absolute atomic E-state index is 12.8. The highest BCUT2D eigenvalue weighted by molar-refractivity contribution is 7.15. The van der Waals surface area contributed by atoms with Gasteiger partial charge >= 0.3 is 5.97 Å². The molecule has 2 aromatic rings. The molecule has 1 heterocycles. The van der Waals surface area contributed by atoms with Gasteiger partial charge in [-0.15, -0.1) is 11.3 Å². The average molecular weight is 452 g/mol. The molecule has 0 saturated carbocycles. The highest BCUT2D eigenvalue weighted by Gasteiger charge is 2.24. The van der Waals surface area contributed by atoms with Gasteiger partial charge in [-0.05, 0) is 24.6 Å². The van der Waals surface area contributed by atoms with E-state index in [-0.39, 0.29) is 12.5 Å². The van der Waals surface area contributed by atoms with Crippen molar-refractivity contribution >= 4 is 39.8 Å². The standard InChI is InChI=1S/C23H31ClN2O3S/c1-6-29-23(28)21-19(17-7-9-18(24)10-8-17)14-30-22(21)25-20(27)13-26(11-15(2)3)12-16(4)5/h7-10,14-16H,6,11-13H2,1-5H3,(H,25,27)/p+1. The number of esters is 1. The second-order valence-electron chi connectivity index (χ2n) is 8.25. The normalized spacial score (nSPS) is 11.4. The molecule has 0 aliphatic rings. The summed E-state index contributed by atoms with van der Waals surface area (Å²) in [5.41, 5.74) is 1.98. The summed E-state index contributed by atoms with van der Waals surface area (Å²) in [6.07, 6.45) is 0. The van der Waals surface area contributed by atoms with Gasteiger partial charge in [-0.2, -0.15) is 0 Å². The quantitative estimate of drug-likeness (QED) is 0.527. The second kappa shape index (κ2) is 11.5. The molecule has 0 radical (unpaired) electrons. The predicted octanol–water partition coefficient (Wildman–Crippen LogP) is 4.38. The van der Waals surface area contributed by atoms with Crippen molar-refractivity contribution in [3.63, 3.8) is 0 Å². The molecule has 1 aromatic carbocycles. The van der Waals surface area contributed by atoms with Gasteiger partial charge in [-0.25, -0.2) is 4.79 Å². The lowest BCUT2D eigenvalue weighted by Gasteiger charge is -2.22. The minimum Gasteiger partial charge on any atom is -0.462 e. The van der Waals surface area contributed by atoms with Gasteiger partial charge in [0.15, 0.2) is 6.54 Å². The lowest BCUT2D eigenvalue weighted by molar-refractivity contribution is -0.897. The first-order valence-corrected chi connectivity index (χ1v) is 11.6. The van der Waals surface area contributed by atoms with Crippen LogP contribution in [0.15, 0.2) is 29.6 Å². The number of hydrogen-bond donors (Lipinski definition) is 2. The summed E-state index contributed by atoms with van der Waals surface area (Å²) in [5, 5.41) is 5.98. The number of carbonyl (C=O) groups is 2. The van der Waals surface area contributed by atoms with Crippen molar-refractivity contribution in [1.82, 2.24) is 0 Å². The average Bonchev–Trinajstić information content (AvgIpc) is 3.04. The van der Waals surface area contributed by atoms with E-state index < -0.39 is 5.97 Å². The molecule has 1 aromatic heterocycles. The van der Waals surface area contributed by atoms with Crippen LogP contribution in [0.2, 0.25) is 5.02 Å². The Bertz CT molecular complexity index is 837. The molecular weight excluding hydrogens is 420 g/mol. The molecule has 0 atom stereocenters. The van der Waals surface area contributed by atoms with E-state index in [1.807, 2.05) is 17.5 Å². The van der Waals surface area contributed by atoms with E-state index in [0.717, 1.165) is 24.2 Å². The Kier molecular flexibility index (Phi) is 9.34. The fraction of sp³-hybridized carbons (Fsp3) is 0.478. The zero-order chi connectivity index (χ0) is 22.3. The molecule has 2 rings (SSSR count). The van der Waals surface area contributed by atoms with Crippen molar-refractivity contribution in [2.24, 2.45) is 11.8 Å². The lowest BCUT2D eigenvalue weighted by atomic mass is 10.0. The third-order valence-corrected chi connectivity index (χ3v) is 5.63. The Hall–Kier alpha value is -1.89. The van der Waals surface area contributed by atoms with E-state index in [1.165, 1.54) is 16.2 Å². The van der Waals surface area contributed by atoms with Crippen LogP contribution < -0.4 is 10.2 Å². The molecular formula is C23H32ClN2O3S+. The first kappa shape index (κ1) is 24.4. The molecule has 1 amide bonds. The largest absolute Gasteiger partial charge is 0.462 e. The monoisotopic (exact) mass is 451 g/mol. The molecule has 2 N–H and O–H groups in total. The number of hydrogen-bond acceptors (Lipinski definition) is 4. The SMILES string of the molecule is CCOC(=O)c1c(-c2ccc(Cl)cc2)csc1NC(=O)C[NH+](CC(C)C)CC(C)C. The van der Waals surface area contributed by atoms with Crippen molar-refractivity contribution in [2.45, 2.75) is 34.6 Å². The zero-order valence-corrected chi connectivity index (χ0v) is 20.0. The van der Waals surface area contributed by atoms with E-state index in [4.69, 9.17) is 16.3 Å². The fourth-order valence-electron chi connectivity index (χ4n) is 3.48. The van der Waals surface area contributed by atoms with Crippen LogP contribution in [0.1, 0.15) is 45.0 Å². The number of benzene rings is 1. The Morgan fingerprint density at radius 1 is 1.10 bits per heavy atom. The Morgan fingerprint density at radius 2 is 1.70 bits per heavy atom. The number of thiophene rings is 1. The number of halogens is 1. The molecule has 0 spiro atoms. The summed E-state index contributed by atoms with van der Waals surface area (Å²) in [4.78, 5) is 26.7. The number of nitrogens with one attached hydrogen (secondary N) is 2. The topological polar surface area (TPSA) is 59.8 Å². The van der Waals surface area contributed by atoms with Crippen LogP contribution in [0.5, 0.6) is 0 Å². The minimum absolute atomic E-state index is 0.0960. The first-order valence-electron chi connectivity index (χ1n) is 10.4. The maximum atomic E-state index is 12.8. The van der Waals surface area contributed by atoms with Crippen LogP contribution in [0.25, 0.3) is 11.1 Å². The maximum Gasteiger partial charge on any atom is 0.341 e. The number of anilines is 1. The van der Waals surface area contributed by atoms with Gasteiger partial charge in [-0.3, -0.25) is 4.79 Å². The molecule has 30 heavy (non-hydrogen) atoms. The van der Waals surface area contributed by atoms with Crippen molar-refractivity contribution in [3.05, 3.63) is 40.2 Å². The summed E-state index contributed by atoms with van der Waals surface area (Å²) in [6, 6.07) is 7.27. The van der Waals surface area contributed by atoms with Crippen molar-refractivity contribution < 1.29 is 19.2 Å². The number of amides is 1. The Morgan fingerprint density at radius 3 is 2.23 bits per heavy atom. The summed E-state index contributed by atoms with van der Waals surface area (Å²) in [5.74, 6) is 0.466. The van der Waals surface area contributed by atoms with Gasteiger partial charge < -0.3 is 15.0 Å². The van der Waals surface area contributed by atoms with Gasteiger partial charge in [0.05, 0.1) is 19.7 Å². The van der Waals surface area contributed by atoms with Crippen LogP contribution in [0.3, 0.4) is 0 Å².